The number of hydroxylamine groups is 1. The maximum Gasteiger partial charge on any atom is 0.267 e. The van der Waals surface area contributed by atoms with Crippen molar-refractivity contribution in [2.45, 2.75) is 19.9 Å². The second-order valence-corrected chi connectivity index (χ2v) is 6.07. The van der Waals surface area contributed by atoms with Crippen LogP contribution in [0.2, 0.25) is 0 Å². The summed E-state index contributed by atoms with van der Waals surface area (Å²) in [5.41, 5.74) is 1.90. The topological polar surface area (TPSA) is 92.7 Å². The lowest BCUT2D eigenvalue weighted by molar-refractivity contribution is -0.131. The summed E-state index contributed by atoms with van der Waals surface area (Å²) in [4.78, 5) is 11.9. The molecule has 0 aliphatic carbocycles. The van der Waals surface area contributed by atoms with Gasteiger partial charge >= 0.3 is 0 Å². The molecule has 22 heavy (non-hydrogen) atoms. The Morgan fingerprint density at radius 1 is 1.23 bits per heavy atom. The van der Waals surface area contributed by atoms with Crippen LogP contribution in [0.3, 0.4) is 0 Å². The molecule has 0 radical (unpaired) electrons. The van der Waals surface area contributed by atoms with Crippen LogP contribution in [0.15, 0.2) is 42.5 Å². The molecule has 6 nitrogen and oxygen atoms in total. The van der Waals surface area contributed by atoms with Gasteiger partial charge in [-0.2, -0.15) is 0 Å². The van der Waals surface area contributed by atoms with Gasteiger partial charge < -0.3 is 4.55 Å². The van der Waals surface area contributed by atoms with Crippen molar-refractivity contribution in [3.63, 3.8) is 0 Å². The molecule has 0 saturated heterocycles. The molecule has 0 aliphatic heterocycles. The van der Waals surface area contributed by atoms with E-state index in [9.17, 15) is 13.6 Å². The van der Waals surface area contributed by atoms with Crippen molar-refractivity contribution in [1.82, 2.24) is 5.48 Å². The fourth-order valence-electron chi connectivity index (χ4n) is 2.40. The number of fused-ring (bicyclic) bond motifs is 1. The lowest BCUT2D eigenvalue weighted by atomic mass is 10.0. The lowest BCUT2D eigenvalue weighted by Crippen LogP contribution is -2.50. The van der Waals surface area contributed by atoms with Gasteiger partial charge in [0.05, 0.1) is 0 Å². The minimum atomic E-state index is -2.66. The summed E-state index contributed by atoms with van der Waals surface area (Å²) in [5.74, 6) is -1.09. The van der Waals surface area contributed by atoms with E-state index in [1.54, 1.807) is 32.0 Å². The van der Waals surface area contributed by atoms with E-state index >= 15 is 0 Å². The Hall–Kier alpha value is -1.96. The van der Waals surface area contributed by atoms with Crippen LogP contribution in [0.5, 0.6) is 0 Å². The monoisotopic (exact) mass is 321 g/mol. The third kappa shape index (κ3) is 3.27. The molecule has 2 N–H and O–H groups in total. The third-order valence-electron chi connectivity index (χ3n) is 3.41. The first kappa shape index (κ1) is 16.4. The van der Waals surface area contributed by atoms with E-state index < -0.39 is 23.2 Å². The molecule has 0 heterocycles. The highest BCUT2D eigenvalue weighted by Crippen LogP contribution is 2.27. The molecular weight excluding hydrogens is 304 g/mol. The maximum atomic E-state index is 11.9. The van der Waals surface area contributed by atoms with Crippen molar-refractivity contribution in [2.24, 2.45) is 5.92 Å². The smallest absolute Gasteiger partial charge is 0.267 e. The number of carbonyl (C=O) groups excluding carboxylic acids is 1. The predicted octanol–water partition coefficient (Wildman–Crippen LogP) is 1.97. The van der Waals surface area contributed by atoms with Crippen LogP contribution in [0.1, 0.15) is 13.8 Å². The van der Waals surface area contributed by atoms with E-state index in [-0.39, 0.29) is 5.92 Å². The summed E-state index contributed by atoms with van der Waals surface area (Å²) in [6.07, 6.45) is 0. The van der Waals surface area contributed by atoms with Crippen molar-refractivity contribution in [2.75, 3.05) is 4.31 Å². The van der Waals surface area contributed by atoms with Gasteiger partial charge in [0.2, 0.25) is 0 Å². The summed E-state index contributed by atoms with van der Waals surface area (Å²) in [6.45, 7) is 3.42. The standard InChI is InChI=1S/C15H18N2O4S/c1-10(2)14(15(18)16-19)17(22(20)21)13-8-7-11-5-3-4-6-12(11)9-13/h3-10,14,19H,1-2H3,(H,16,18)(H,20,21)/p-1. The molecule has 7 heteroatoms. The summed E-state index contributed by atoms with van der Waals surface area (Å²) in [6, 6.07) is 11.6. The first-order chi connectivity index (χ1) is 10.5. The lowest BCUT2D eigenvalue weighted by Gasteiger charge is -2.35. The summed E-state index contributed by atoms with van der Waals surface area (Å²) in [7, 11) is 0. The van der Waals surface area contributed by atoms with Crippen LogP contribution in [0.25, 0.3) is 10.8 Å². The van der Waals surface area contributed by atoms with Gasteiger partial charge in [0.25, 0.3) is 5.91 Å². The van der Waals surface area contributed by atoms with Gasteiger partial charge in [-0.3, -0.25) is 18.5 Å². The van der Waals surface area contributed by atoms with Gasteiger partial charge in [-0.1, -0.05) is 44.2 Å². The summed E-state index contributed by atoms with van der Waals surface area (Å²) >= 11 is -2.66. The first-order valence-electron chi connectivity index (χ1n) is 6.77. The Balaban J connectivity index is 2.53. The number of anilines is 1. The number of amides is 1. The highest BCUT2D eigenvalue weighted by atomic mass is 32.2. The summed E-state index contributed by atoms with van der Waals surface area (Å²) in [5, 5.41) is 10.7. The highest BCUT2D eigenvalue weighted by molar-refractivity contribution is 7.80. The molecule has 1 amide bonds. The van der Waals surface area contributed by atoms with E-state index in [1.807, 2.05) is 24.3 Å². The van der Waals surface area contributed by atoms with Crippen LogP contribution in [-0.2, 0) is 16.1 Å². The van der Waals surface area contributed by atoms with E-state index in [2.05, 4.69) is 0 Å². The van der Waals surface area contributed by atoms with Crippen molar-refractivity contribution in [3.05, 3.63) is 42.5 Å². The molecule has 0 saturated carbocycles. The molecule has 2 rings (SSSR count). The Bertz CT molecular complexity index is 705. The second-order valence-electron chi connectivity index (χ2n) is 5.24. The zero-order valence-electron chi connectivity index (χ0n) is 12.2. The Kier molecular flexibility index (Phi) is 5.12. The van der Waals surface area contributed by atoms with Crippen molar-refractivity contribution in [1.29, 1.82) is 0 Å². The molecule has 0 spiro atoms. The fraction of sp³-hybridized carbons (Fsp3) is 0.267. The van der Waals surface area contributed by atoms with E-state index in [0.717, 1.165) is 15.1 Å². The van der Waals surface area contributed by atoms with Crippen LogP contribution in [0.4, 0.5) is 5.69 Å². The van der Waals surface area contributed by atoms with Crippen molar-refractivity contribution < 1.29 is 18.8 Å². The number of hydrogen-bond donors (Lipinski definition) is 2. The quantitative estimate of drug-likeness (QED) is 0.500. The molecule has 0 fully saturated rings. The van der Waals surface area contributed by atoms with Crippen molar-refractivity contribution in [3.8, 4) is 0 Å². The van der Waals surface area contributed by atoms with Crippen LogP contribution >= 0.6 is 0 Å². The molecule has 0 aromatic heterocycles. The van der Waals surface area contributed by atoms with Gasteiger partial charge in [0.15, 0.2) is 0 Å². The van der Waals surface area contributed by atoms with Gasteiger partial charge in [-0.15, -0.1) is 0 Å². The minimum Gasteiger partial charge on any atom is -0.755 e. The largest absolute Gasteiger partial charge is 0.755 e. The predicted molar refractivity (Wildman–Crippen MR) is 83.9 cm³/mol. The average Bonchev–Trinajstić information content (AvgIpc) is 2.50. The number of hydrogen-bond acceptors (Lipinski definition) is 4. The van der Waals surface area contributed by atoms with Gasteiger partial charge in [0.1, 0.15) is 6.04 Å². The normalized spacial score (nSPS) is 13.9. The number of rotatable bonds is 5. The molecule has 2 unspecified atom stereocenters. The molecule has 0 bridgehead atoms. The Morgan fingerprint density at radius 2 is 1.86 bits per heavy atom. The van der Waals surface area contributed by atoms with E-state index in [1.165, 1.54) is 5.48 Å². The maximum absolute atomic E-state index is 11.9. The zero-order chi connectivity index (χ0) is 16.3. The van der Waals surface area contributed by atoms with Crippen LogP contribution in [-0.4, -0.2) is 25.9 Å². The molecule has 0 aliphatic rings. The molecule has 2 aromatic rings. The minimum absolute atomic E-state index is 0.323. The van der Waals surface area contributed by atoms with E-state index in [4.69, 9.17) is 5.21 Å². The van der Waals surface area contributed by atoms with Gasteiger partial charge in [-0.05, 0) is 28.8 Å². The Morgan fingerprint density at radius 3 is 2.41 bits per heavy atom. The average molecular weight is 321 g/mol. The van der Waals surface area contributed by atoms with Crippen LogP contribution in [0, 0.1) is 5.92 Å². The number of carbonyl (C=O) groups is 1. The molecular formula is C15H17N2O4S-. The molecule has 2 aromatic carbocycles. The van der Waals surface area contributed by atoms with E-state index in [0.29, 0.717) is 5.69 Å². The highest BCUT2D eigenvalue weighted by Gasteiger charge is 2.30. The van der Waals surface area contributed by atoms with Crippen molar-refractivity contribution >= 4 is 33.6 Å². The SMILES string of the molecule is CC(C)C(C(=O)NO)N(c1ccc2ccccc2c1)S(=O)[O-]. The first-order valence-corrected chi connectivity index (χ1v) is 7.80. The van der Waals surface area contributed by atoms with Gasteiger partial charge in [-0.25, -0.2) is 5.48 Å². The van der Waals surface area contributed by atoms with Crippen LogP contribution < -0.4 is 9.79 Å². The van der Waals surface area contributed by atoms with Gasteiger partial charge in [0, 0.05) is 17.0 Å². The third-order valence-corrected chi connectivity index (χ3v) is 4.17. The molecule has 2 atom stereocenters. The summed E-state index contributed by atoms with van der Waals surface area (Å²) < 4.78 is 24.3. The molecule has 118 valence electrons. The number of benzene rings is 2. The number of nitrogens with one attached hydrogen (secondary N) is 1. The Labute approximate surface area is 131 Å². The fourth-order valence-corrected chi connectivity index (χ4v) is 3.21. The number of nitrogens with zero attached hydrogens (tertiary/aromatic N) is 1. The zero-order valence-corrected chi connectivity index (χ0v) is 13.0. The second kappa shape index (κ2) is 6.87.